The van der Waals surface area contributed by atoms with Gasteiger partial charge in [0.2, 0.25) is 5.95 Å². The lowest BCUT2D eigenvalue weighted by atomic mass is 10.2. The maximum atomic E-state index is 6.06. The Hall–Kier alpha value is -2.49. The van der Waals surface area contributed by atoms with E-state index in [1.807, 2.05) is 41.0 Å². The minimum atomic E-state index is 0.463. The lowest BCUT2D eigenvalue weighted by Crippen LogP contribution is -2.02. The number of rotatable bonds is 2. The van der Waals surface area contributed by atoms with Crippen LogP contribution in [-0.2, 0) is 0 Å². The summed E-state index contributed by atoms with van der Waals surface area (Å²) in [6.07, 6.45) is 0. The fraction of sp³-hybridized carbons (Fsp3) is 0.133. The molecule has 0 unspecified atom stereocenters. The van der Waals surface area contributed by atoms with E-state index >= 15 is 0 Å². The van der Waals surface area contributed by atoms with Crippen LogP contribution < -0.4 is 10.5 Å². The highest BCUT2D eigenvalue weighted by molar-refractivity contribution is 5.82. The van der Waals surface area contributed by atoms with Gasteiger partial charge in [0, 0.05) is 0 Å². The summed E-state index contributed by atoms with van der Waals surface area (Å²) in [5, 5.41) is 0. The molecule has 4 nitrogen and oxygen atoms in total. The maximum absolute atomic E-state index is 6.06. The zero-order valence-corrected chi connectivity index (χ0v) is 10.9. The number of benzene rings is 2. The van der Waals surface area contributed by atoms with Crippen LogP contribution >= 0.6 is 0 Å². The molecule has 2 aromatic carbocycles. The third kappa shape index (κ3) is 1.81. The van der Waals surface area contributed by atoms with Gasteiger partial charge in [-0.15, -0.1) is 0 Å². The summed E-state index contributed by atoms with van der Waals surface area (Å²) in [6, 6.07) is 13.9. The number of ether oxygens (including phenoxy) is 1. The summed E-state index contributed by atoms with van der Waals surface area (Å²) in [6.45, 7) is 2.05. The van der Waals surface area contributed by atoms with Crippen molar-refractivity contribution in [2.75, 3.05) is 12.8 Å². The molecule has 0 saturated heterocycles. The Morgan fingerprint density at radius 1 is 1.16 bits per heavy atom. The normalized spacial score (nSPS) is 10.8. The summed E-state index contributed by atoms with van der Waals surface area (Å²) in [5.74, 6) is 1.24. The number of nitrogens with two attached hydrogens (primary N) is 1. The molecular formula is C15H15N3O. The Labute approximate surface area is 111 Å². The Bertz CT molecular complexity index is 746. The van der Waals surface area contributed by atoms with E-state index in [9.17, 15) is 0 Å². The van der Waals surface area contributed by atoms with Crippen molar-refractivity contribution in [1.29, 1.82) is 0 Å². The van der Waals surface area contributed by atoms with Crippen molar-refractivity contribution in [3.05, 3.63) is 48.0 Å². The average Bonchev–Trinajstić information content (AvgIpc) is 2.74. The van der Waals surface area contributed by atoms with Gasteiger partial charge in [0.15, 0.2) is 0 Å². The second-order valence-electron chi connectivity index (χ2n) is 4.47. The summed E-state index contributed by atoms with van der Waals surface area (Å²) in [5.41, 5.74) is 10.00. The van der Waals surface area contributed by atoms with Crippen LogP contribution in [0.4, 0.5) is 5.95 Å². The molecule has 0 atom stereocenters. The van der Waals surface area contributed by atoms with Gasteiger partial charge in [-0.1, -0.05) is 18.2 Å². The monoisotopic (exact) mass is 253 g/mol. The van der Waals surface area contributed by atoms with Crippen LogP contribution in [0.25, 0.3) is 16.7 Å². The summed E-state index contributed by atoms with van der Waals surface area (Å²) in [7, 11) is 1.65. The minimum Gasteiger partial charge on any atom is -0.495 e. The van der Waals surface area contributed by atoms with E-state index in [-0.39, 0.29) is 0 Å². The number of methoxy groups -OCH3 is 1. The molecule has 3 aromatic rings. The molecule has 0 aliphatic rings. The van der Waals surface area contributed by atoms with Crippen LogP contribution in [-0.4, -0.2) is 16.7 Å². The first-order valence-corrected chi connectivity index (χ1v) is 6.08. The number of nitrogen functional groups attached to an aromatic ring is 1. The molecule has 0 fully saturated rings. The molecule has 0 spiro atoms. The fourth-order valence-electron chi connectivity index (χ4n) is 2.27. The highest BCUT2D eigenvalue weighted by Gasteiger charge is 2.13. The SMILES string of the molecule is COc1ccccc1-n1c(N)nc2ccc(C)cc21. The van der Waals surface area contributed by atoms with E-state index in [1.165, 1.54) is 5.56 Å². The lowest BCUT2D eigenvalue weighted by molar-refractivity contribution is 0.413. The molecule has 1 heterocycles. The van der Waals surface area contributed by atoms with Gasteiger partial charge in [-0.2, -0.15) is 0 Å². The first-order valence-electron chi connectivity index (χ1n) is 6.08. The average molecular weight is 253 g/mol. The fourth-order valence-corrected chi connectivity index (χ4v) is 2.27. The van der Waals surface area contributed by atoms with Gasteiger partial charge < -0.3 is 10.5 Å². The van der Waals surface area contributed by atoms with Crippen LogP contribution in [0.1, 0.15) is 5.56 Å². The summed E-state index contributed by atoms with van der Waals surface area (Å²) in [4.78, 5) is 4.39. The standard InChI is InChI=1S/C15H15N3O/c1-10-7-8-11-13(9-10)18(15(16)17-11)12-5-3-4-6-14(12)19-2/h3-9H,1-2H3,(H2,16,17). The van der Waals surface area contributed by atoms with Crippen LogP contribution in [0.2, 0.25) is 0 Å². The predicted octanol–water partition coefficient (Wildman–Crippen LogP) is 2.92. The molecule has 3 rings (SSSR count). The third-order valence-corrected chi connectivity index (χ3v) is 3.16. The van der Waals surface area contributed by atoms with Crippen molar-refractivity contribution >= 4 is 17.0 Å². The second kappa shape index (κ2) is 4.31. The number of hydrogen-bond donors (Lipinski definition) is 1. The van der Waals surface area contributed by atoms with Crippen molar-refractivity contribution in [1.82, 2.24) is 9.55 Å². The molecule has 0 aliphatic heterocycles. The summed E-state index contributed by atoms with van der Waals surface area (Å²) >= 11 is 0. The number of nitrogens with zero attached hydrogens (tertiary/aromatic N) is 2. The Morgan fingerprint density at radius 3 is 2.74 bits per heavy atom. The van der Waals surface area contributed by atoms with Crippen LogP contribution in [0.15, 0.2) is 42.5 Å². The minimum absolute atomic E-state index is 0.463. The second-order valence-corrected chi connectivity index (χ2v) is 4.47. The van der Waals surface area contributed by atoms with Crippen molar-refractivity contribution in [3.63, 3.8) is 0 Å². The highest BCUT2D eigenvalue weighted by Crippen LogP contribution is 2.29. The van der Waals surface area contributed by atoms with Crippen molar-refractivity contribution in [3.8, 4) is 11.4 Å². The number of fused-ring (bicyclic) bond motifs is 1. The number of aryl methyl sites for hydroxylation is 1. The molecular weight excluding hydrogens is 238 g/mol. The zero-order valence-electron chi connectivity index (χ0n) is 10.9. The van der Waals surface area contributed by atoms with E-state index in [4.69, 9.17) is 10.5 Å². The molecule has 19 heavy (non-hydrogen) atoms. The zero-order chi connectivity index (χ0) is 13.4. The molecule has 96 valence electrons. The van der Waals surface area contributed by atoms with E-state index < -0.39 is 0 Å². The summed E-state index contributed by atoms with van der Waals surface area (Å²) < 4.78 is 7.32. The molecule has 0 bridgehead atoms. The molecule has 0 amide bonds. The molecule has 4 heteroatoms. The number of anilines is 1. The number of hydrogen-bond acceptors (Lipinski definition) is 3. The molecule has 1 aromatic heterocycles. The Balaban J connectivity index is 2.35. The van der Waals surface area contributed by atoms with E-state index in [1.54, 1.807) is 7.11 Å². The number of imidazole rings is 1. The van der Waals surface area contributed by atoms with Crippen LogP contribution in [0.3, 0.4) is 0 Å². The third-order valence-electron chi connectivity index (χ3n) is 3.16. The Kier molecular flexibility index (Phi) is 2.63. The van der Waals surface area contributed by atoms with Gasteiger partial charge in [-0.3, -0.25) is 4.57 Å². The van der Waals surface area contributed by atoms with Gasteiger partial charge in [0.05, 0.1) is 23.8 Å². The van der Waals surface area contributed by atoms with Gasteiger partial charge in [0.1, 0.15) is 5.75 Å². The largest absolute Gasteiger partial charge is 0.495 e. The first kappa shape index (κ1) is 11.6. The first-order chi connectivity index (χ1) is 9.20. The van der Waals surface area contributed by atoms with Gasteiger partial charge in [-0.25, -0.2) is 4.98 Å². The predicted molar refractivity (Wildman–Crippen MR) is 76.8 cm³/mol. The molecule has 0 saturated carbocycles. The van der Waals surface area contributed by atoms with Gasteiger partial charge in [0.25, 0.3) is 0 Å². The Morgan fingerprint density at radius 2 is 1.95 bits per heavy atom. The lowest BCUT2D eigenvalue weighted by Gasteiger charge is -2.11. The van der Waals surface area contributed by atoms with E-state index in [2.05, 4.69) is 18.0 Å². The quantitative estimate of drug-likeness (QED) is 0.764. The molecule has 0 radical (unpaired) electrons. The van der Waals surface area contributed by atoms with Gasteiger partial charge in [-0.05, 0) is 36.8 Å². The van der Waals surface area contributed by atoms with Crippen molar-refractivity contribution in [2.24, 2.45) is 0 Å². The maximum Gasteiger partial charge on any atom is 0.206 e. The molecule has 0 aliphatic carbocycles. The van der Waals surface area contributed by atoms with Crippen molar-refractivity contribution in [2.45, 2.75) is 6.92 Å². The van der Waals surface area contributed by atoms with Crippen LogP contribution in [0.5, 0.6) is 5.75 Å². The number of aromatic nitrogens is 2. The smallest absolute Gasteiger partial charge is 0.206 e. The van der Waals surface area contributed by atoms with Gasteiger partial charge >= 0.3 is 0 Å². The number of para-hydroxylation sites is 2. The van der Waals surface area contributed by atoms with E-state index in [0.29, 0.717) is 5.95 Å². The van der Waals surface area contributed by atoms with E-state index in [0.717, 1.165) is 22.5 Å². The van der Waals surface area contributed by atoms with Crippen LogP contribution in [0, 0.1) is 6.92 Å². The topological polar surface area (TPSA) is 53.1 Å². The van der Waals surface area contributed by atoms with Crippen molar-refractivity contribution < 1.29 is 4.74 Å². The molecule has 2 N–H and O–H groups in total. The highest BCUT2D eigenvalue weighted by atomic mass is 16.5.